The van der Waals surface area contributed by atoms with Crippen LogP contribution >= 0.6 is 0 Å². The Hall–Kier alpha value is -4.56. The van der Waals surface area contributed by atoms with Gasteiger partial charge in [-0.3, -0.25) is 4.90 Å². The van der Waals surface area contributed by atoms with Crippen LogP contribution in [-0.2, 0) is 6.54 Å². The van der Waals surface area contributed by atoms with Gasteiger partial charge in [-0.25, -0.2) is 4.98 Å². The van der Waals surface area contributed by atoms with Crippen molar-refractivity contribution in [1.82, 2.24) is 9.97 Å². The number of benzene rings is 3. The van der Waals surface area contributed by atoms with E-state index in [-0.39, 0.29) is 6.04 Å². The van der Waals surface area contributed by atoms with Gasteiger partial charge in [-0.15, -0.1) is 6.58 Å². The fourth-order valence-electron chi connectivity index (χ4n) is 3.73. The number of hydrogen-bond acceptors (Lipinski definition) is 5. The van der Waals surface area contributed by atoms with Crippen LogP contribution in [0.25, 0.3) is 0 Å². The molecule has 5 nitrogen and oxygen atoms in total. The van der Waals surface area contributed by atoms with Crippen molar-refractivity contribution >= 4 is 23.1 Å². The number of allylic oxidation sites excluding steroid dienone is 1. The van der Waals surface area contributed by atoms with Crippen LogP contribution in [0.5, 0.6) is 0 Å². The summed E-state index contributed by atoms with van der Waals surface area (Å²) < 4.78 is 0. The summed E-state index contributed by atoms with van der Waals surface area (Å²) in [7, 11) is 0. The van der Waals surface area contributed by atoms with Gasteiger partial charge in [0.15, 0.2) is 0 Å². The van der Waals surface area contributed by atoms with Gasteiger partial charge in [0.1, 0.15) is 5.82 Å². The highest BCUT2D eigenvalue weighted by atomic mass is 15.2. The molecule has 0 saturated heterocycles. The number of aryl methyl sites for hydroxylation is 1. The molecule has 0 spiro atoms. The third-order valence-electron chi connectivity index (χ3n) is 5.52. The van der Waals surface area contributed by atoms with Crippen molar-refractivity contribution in [3.8, 4) is 12.0 Å². The molecule has 0 unspecified atom stereocenters. The lowest BCUT2D eigenvalue weighted by Crippen LogP contribution is -2.15. The van der Waals surface area contributed by atoms with E-state index in [9.17, 15) is 0 Å². The van der Waals surface area contributed by atoms with E-state index in [1.54, 1.807) is 12.3 Å². The van der Waals surface area contributed by atoms with Crippen LogP contribution in [-0.4, -0.2) is 9.97 Å². The summed E-state index contributed by atoms with van der Waals surface area (Å²) in [5.74, 6) is 4.31. The predicted octanol–water partition coefficient (Wildman–Crippen LogP) is 7.88. The molecule has 4 rings (SSSR count). The molecule has 0 fully saturated rings. The summed E-state index contributed by atoms with van der Waals surface area (Å²) in [4.78, 5) is 11.1. The third-order valence-corrected chi connectivity index (χ3v) is 5.52. The van der Waals surface area contributed by atoms with Gasteiger partial charge in [0, 0.05) is 30.5 Å². The maximum Gasteiger partial charge on any atom is 0.225 e. The first kappa shape index (κ1) is 27.0. The molecule has 5 heteroatoms. The zero-order valence-corrected chi connectivity index (χ0v) is 22.1. The Labute approximate surface area is 221 Å². The Morgan fingerprint density at radius 1 is 1.00 bits per heavy atom. The molecule has 37 heavy (non-hydrogen) atoms. The largest absolute Gasteiger partial charge is 0.381 e. The summed E-state index contributed by atoms with van der Waals surface area (Å²) in [6.45, 7) is 12.0. The molecule has 0 aliphatic carbocycles. The van der Waals surface area contributed by atoms with Crippen molar-refractivity contribution in [3.05, 3.63) is 120 Å². The fourth-order valence-corrected chi connectivity index (χ4v) is 3.73. The molecule has 1 atom stereocenters. The summed E-state index contributed by atoms with van der Waals surface area (Å²) in [6, 6.07) is 32.1. The monoisotopic (exact) mass is 489 g/mol. The Balaban J connectivity index is 0.00000121. The van der Waals surface area contributed by atoms with Gasteiger partial charge >= 0.3 is 0 Å². The van der Waals surface area contributed by atoms with Crippen LogP contribution in [0.3, 0.4) is 0 Å². The van der Waals surface area contributed by atoms with Gasteiger partial charge in [0.05, 0.1) is 11.7 Å². The van der Waals surface area contributed by atoms with Crippen molar-refractivity contribution in [2.24, 2.45) is 0 Å². The summed E-state index contributed by atoms with van der Waals surface area (Å²) in [5, 5.41) is 6.89. The fraction of sp³-hybridized carbons (Fsp3) is 0.188. The Bertz CT molecular complexity index is 1320. The predicted molar refractivity (Wildman–Crippen MR) is 157 cm³/mol. The van der Waals surface area contributed by atoms with E-state index in [0.29, 0.717) is 5.95 Å². The van der Waals surface area contributed by atoms with Gasteiger partial charge in [-0.05, 0) is 62.6 Å². The lowest BCUT2D eigenvalue weighted by molar-refractivity contribution is 0.860. The topological polar surface area (TPSA) is 53.1 Å². The number of nitrogens with zero attached hydrogens (tertiary/aromatic N) is 3. The van der Waals surface area contributed by atoms with E-state index >= 15 is 0 Å². The molecule has 188 valence electrons. The minimum Gasteiger partial charge on any atom is -0.381 e. The lowest BCUT2D eigenvalue weighted by atomic mass is 10.1. The average Bonchev–Trinajstić information content (AvgIpc) is 2.93. The molecule has 1 heterocycles. The number of rotatable bonds is 8. The lowest BCUT2D eigenvalue weighted by Gasteiger charge is -2.21. The highest BCUT2D eigenvalue weighted by molar-refractivity contribution is 5.71. The average molecular weight is 490 g/mol. The molecule has 1 aromatic heterocycles. The summed E-state index contributed by atoms with van der Waals surface area (Å²) >= 11 is 0. The minimum absolute atomic E-state index is 0.0823. The SMILES string of the molecule is C=CC.CC#CN(c1ccnc(N[C@@H](C)c2ccccc2)n1)c1ccc(NCc2ccccc2)cc1C. The van der Waals surface area contributed by atoms with Crippen molar-refractivity contribution in [1.29, 1.82) is 0 Å². The van der Waals surface area contributed by atoms with E-state index in [1.807, 2.05) is 49.1 Å². The number of hydrogen-bond donors (Lipinski definition) is 2. The zero-order valence-electron chi connectivity index (χ0n) is 22.1. The van der Waals surface area contributed by atoms with E-state index in [2.05, 4.69) is 103 Å². The van der Waals surface area contributed by atoms with Crippen LogP contribution in [0.1, 0.15) is 43.5 Å². The van der Waals surface area contributed by atoms with E-state index in [1.165, 1.54) is 11.1 Å². The second-order valence-electron chi connectivity index (χ2n) is 8.46. The van der Waals surface area contributed by atoms with Crippen LogP contribution in [0.2, 0.25) is 0 Å². The van der Waals surface area contributed by atoms with Crippen LogP contribution in [0.4, 0.5) is 23.1 Å². The Morgan fingerprint density at radius 3 is 2.32 bits per heavy atom. The molecule has 0 radical (unpaired) electrons. The normalized spacial score (nSPS) is 10.6. The van der Waals surface area contributed by atoms with Crippen molar-refractivity contribution in [2.45, 2.75) is 40.3 Å². The molecule has 2 N–H and O–H groups in total. The maximum atomic E-state index is 4.76. The maximum absolute atomic E-state index is 4.76. The van der Waals surface area contributed by atoms with Gasteiger partial charge in [0.25, 0.3) is 0 Å². The van der Waals surface area contributed by atoms with Gasteiger partial charge in [0.2, 0.25) is 5.95 Å². The highest BCUT2D eigenvalue weighted by Crippen LogP contribution is 2.29. The van der Waals surface area contributed by atoms with Crippen LogP contribution in [0.15, 0.2) is 104 Å². The van der Waals surface area contributed by atoms with Crippen LogP contribution in [0, 0.1) is 18.9 Å². The molecule has 0 aliphatic heterocycles. The van der Waals surface area contributed by atoms with Gasteiger partial charge in [-0.1, -0.05) is 72.7 Å². The molecule has 0 bridgehead atoms. The van der Waals surface area contributed by atoms with Gasteiger partial charge in [-0.2, -0.15) is 4.98 Å². The van der Waals surface area contributed by atoms with Gasteiger partial charge < -0.3 is 10.6 Å². The van der Waals surface area contributed by atoms with E-state index < -0.39 is 0 Å². The minimum atomic E-state index is 0.0823. The first-order chi connectivity index (χ1) is 18.0. The van der Waals surface area contributed by atoms with Crippen LogP contribution < -0.4 is 15.5 Å². The number of anilines is 4. The molecular formula is C32H35N5. The first-order valence-corrected chi connectivity index (χ1v) is 12.4. The Kier molecular flexibility index (Phi) is 10.3. The third kappa shape index (κ3) is 7.98. The van der Waals surface area contributed by atoms with E-state index in [4.69, 9.17) is 4.98 Å². The van der Waals surface area contributed by atoms with Crippen molar-refractivity contribution < 1.29 is 0 Å². The highest BCUT2D eigenvalue weighted by Gasteiger charge is 2.14. The van der Waals surface area contributed by atoms with Crippen molar-refractivity contribution in [2.75, 3.05) is 15.5 Å². The molecule has 0 saturated carbocycles. The zero-order chi connectivity index (χ0) is 26.5. The second kappa shape index (κ2) is 14.1. The quantitative estimate of drug-likeness (QED) is 0.150. The number of nitrogens with one attached hydrogen (secondary N) is 2. The summed E-state index contributed by atoms with van der Waals surface area (Å²) in [5.41, 5.74) is 5.58. The Morgan fingerprint density at radius 2 is 1.68 bits per heavy atom. The molecule has 0 amide bonds. The summed E-state index contributed by atoms with van der Waals surface area (Å²) in [6.07, 6.45) is 3.51. The van der Waals surface area contributed by atoms with Crippen molar-refractivity contribution in [3.63, 3.8) is 0 Å². The molecular weight excluding hydrogens is 454 g/mol. The molecule has 0 aliphatic rings. The smallest absolute Gasteiger partial charge is 0.225 e. The molecule has 4 aromatic rings. The number of aromatic nitrogens is 2. The first-order valence-electron chi connectivity index (χ1n) is 12.4. The molecule has 3 aromatic carbocycles. The second-order valence-corrected chi connectivity index (χ2v) is 8.46. The standard InChI is InChI=1S/C29H29N5.C3H6/c1-4-19-34(27-16-15-26(20-22(27)2)31-21-24-11-7-5-8-12-24)28-17-18-30-29(33-28)32-23(3)25-13-9-6-10-14-25;1-3-2/h5-18,20,23,31H,21H2,1-3H3,(H,30,32,33);3H,1H2,2H3/t23-;/m0./s1. The van der Waals surface area contributed by atoms with E-state index in [0.717, 1.165) is 29.3 Å².